The van der Waals surface area contributed by atoms with Crippen molar-refractivity contribution in [2.24, 2.45) is 4.36 Å². The van der Waals surface area contributed by atoms with Crippen LogP contribution in [-0.2, 0) is 14.5 Å². The molecule has 162 valence electrons. The lowest BCUT2D eigenvalue weighted by Gasteiger charge is -2.34. The highest BCUT2D eigenvalue weighted by atomic mass is 32.2. The summed E-state index contributed by atoms with van der Waals surface area (Å²) < 4.78 is 28.4. The second-order valence-electron chi connectivity index (χ2n) is 7.62. The summed E-state index contributed by atoms with van der Waals surface area (Å²) in [5.74, 6) is 2.64. The molecule has 0 aliphatic carbocycles. The lowest BCUT2D eigenvalue weighted by molar-refractivity contribution is 0.0985. The van der Waals surface area contributed by atoms with Crippen LogP contribution in [0.4, 0.5) is 11.6 Å². The van der Waals surface area contributed by atoms with Crippen molar-refractivity contribution in [2.45, 2.75) is 31.1 Å². The number of pyridine rings is 1. The molecule has 30 heavy (non-hydrogen) atoms. The number of ether oxygens (including phenoxy) is 2. The predicted molar refractivity (Wildman–Crippen MR) is 117 cm³/mol. The Hall–Kier alpha value is -2.46. The van der Waals surface area contributed by atoms with Crippen molar-refractivity contribution in [1.29, 1.82) is 0 Å². The van der Waals surface area contributed by atoms with Gasteiger partial charge in [0.2, 0.25) is 5.88 Å². The second kappa shape index (κ2) is 8.35. The summed E-state index contributed by atoms with van der Waals surface area (Å²) in [6.45, 7) is 4.11. The van der Waals surface area contributed by atoms with E-state index in [2.05, 4.69) is 21.2 Å². The van der Waals surface area contributed by atoms with Crippen molar-refractivity contribution < 1.29 is 13.7 Å². The van der Waals surface area contributed by atoms with Crippen molar-refractivity contribution in [3.8, 4) is 17.3 Å². The van der Waals surface area contributed by atoms with E-state index in [0.29, 0.717) is 42.1 Å². The van der Waals surface area contributed by atoms with Gasteiger partial charge in [-0.15, -0.1) is 0 Å². The molecule has 0 spiro atoms. The normalized spacial score (nSPS) is 26.6. The summed E-state index contributed by atoms with van der Waals surface area (Å²) in [5.41, 5.74) is 7.44. The van der Waals surface area contributed by atoms with Gasteiger partial charge in [0.15, 0.2) is 5.82 Å². The molecule has 3 atom stereocenters. The second-order valence-corrected chi connectivity index (χ2v) is 10.3. The zero-order valence-corrected chi connectivity index (χ0v) is 18.4. The van der Waals surface area contributed by atoms with Crippen LogP contribution < -0.4 is 15.4 Å². The van der Waals surface area contributed by atoms with Crippen LogP contribution in [0.1, 0.15) is 30.7 Å². The Bertz CT molecular complexity index is 1050. The number of anilines is 2. The maximum atomic E-state index is 13.3. The molecule has 2 aliphatic heterocycles. The lowest BCUT2D eigenvalue weighted by atomic mass is 10.1. The van der Waals surface area contributed by atoms with Crippen LogP contribution in [0.25, 0.3) is 11.4 Å². The van der Waals surface area contributed by atoms with E-state index in [-0.39, 0.29) is 11.3 Å². The third-order valence-corrected chi connectivity index (χ3v) is 8.53. The average molecular weight is 433 g/mol. The van der Waals surface area contributed by atoms with Crippen LogP contribution >= 0.6 is 0 Å². The van der Waals surface area contributed by atoms with Gasteiger partial charge in [0.25, 0.3) is 0 Å². The van der Waals surface area contributed by atoms with Crippen molar-refractivity contribution in [3.63, 3.8) is 0 Å². The molecule has 4 heterocycles. The van der Waals surface area contributed by atoms with Crippen LogP contribution in [0.5, 0.6) is 5.88 Å². The highest BCUT2D eigenvalue weighted by Crippen LogP contribution is 2.37. The fraction of sp³-hybridized carbons (Fsp3) is 0.550. The maximum Gasteiger partial charge on any atom is 0.215 e. The Labute approximate surface area is 177 Å². The monoisotopic (exact) mass is 432 g/mol. The van der Waals surface area contributed by atoms with Gasteiger partial charge in [-0.05, 0) is 25.8 Å². The molecular formula is C20H28N6O3S. The van der Waals surface area contributed by atoms with Gasteiger partial charge in [-0.1, -0.05) is 0 Å². The third kappa shape index (κ3) is 3.93. The average Bonchev–Trinajstić information content (AvgIpc) is 3.15. The van der Waals surface area contributed by atoms with Crippen LogP contribution in [0.2, 0.25) is 0 Å². The number of aromatic nitrogens is 3. The highest BCUT2D eigenvalue weighted by Gasteiger charge is 2.33. The molecule has 0 amide bonds. The molecular weight excluding hydrogens is 404 g/mol. The van der Waals surface area contributed by atoms with Gasteiger partial charge in [-0.3, -0.25) is 0 Å². The predicted octanol–water partition coefficient (Wildman–Crippen LogP) is 2.29. The Kier molecular flexibility index (Phi) is 5.79. The number of methoxy groups -OCH3 is 1. The van der Waals surface area contributed by atoms with E-state index in [1.165, 1.54) is 0 Å². The summed E-state index contributed by atoms with van der Waals surface area (Å²) in [6.07, 6.45) is 1.67. The summed E-state index contributed by atoms with van der Waals surface area (Å²) in [7, 11) is 0.846. The number of hydrogen-bond acceptors (Lipinski definition) is 9. The van der Waals surface area contributed by atoms with E-state index in [1.54, 1.807) is 26.3 Å². The zero-order chi connectivity index (χ0) is 21.3. The third-order valence-electron chi connectivity index (χ3n) is 5.67. The minimum absolute atomic E-state index is 0.176. The molecule has 9 nitrogen and oxygen atoms in total. The quantitative estimate of drug-likeness (QED) is 0.782. The standard InChI is InChI=1S/C20H28N6O3S/c1-13-12-29-7-6-26(13)18-11-15(16-5-4-8-30(16,27)22-2)23-20(25-18)14-9-17(21)24-19(10-14)28-3/h9-11,13,16H,4-8,12H2,1-3H3,(H2,21,24)/t13-,16?,30?/m1/s1. The fourth-order valence-electron chi connectivity index (χ4n) is 4.08. The van der Waals surface area contributed by atoms with Crippen LogP contribution in [0.15, 0.2) is 22.6 Å². The van der Waals surface area contributed by atoms with Crippen molar-refractivity contribution >= 4 is 21.4 Å². The smallest absolute Gasteiger partial charge is 0.215 e. The maximum absolute atomic E-state index is 13.3. The summed E-state index contributed by atoms with van der Waals surface area (Å²) in [5, 5.41) is -0.208. The number of nitrogens with zero attached hydrogens (tertiary/aromatic N) is 5. The van der Waals surface area contributed by atoms with E-state index in [0.717, 1.165) is 30.9 Å². The van der Waals surface area contributed by atoms with Gasteiger partial charge in [-0.2, -0.15) is 4.98 Å². The van der Waals surface area contributed by atoms with E-state index in [4.69, 9.17) is 25.2 Å². The van der Waals surface area contributed by atoms with Crippen LogP contribution in [-0.4, -0.2) is 64.9 Å². The summed E-state index contributed by atoms with van der Waals surface area (Å²) in [6, 6.07) is 5.63. The molecule has 4 rings (SSSR count). The molecule has 0 aromatic carbocycles. The first-order chi connectivity index (χ1) is 14.4. The molecule has 2 N–H and O–H groups in total. The zero-order valence-electron chi connectivity index (χ0n) is 17.6. The van der Waals surface area contributed by atoms with Gasteiger partial charge >= 0.3 is 0 Å². The Morgan fingerprint density at radius 3 is 2.87 bits per heavy atom. The van der Waals surface area contributed by atoms with E-state index < -0.39 is 9.73 Å². The minimum atomic E-state index is -2.34. The first kappa shape index (κ1) is 20.8. The van der Waals surface area contributed by atoms with E-state index in [1.807, 2.05) is 6.07 Å². The SMILES string of the molecule is CN=S1(=O)CCCC1c1cc(N2CCOC[C@H]2C)nc(-c2cc(N)nc(OC)c2)n1. The molecule has 0 bridgehead atoms. The minimum Gasteiger partial charge on any atom is -0.481 e. The molecule has 0 radical (unpaired) electrons. The summed E-state index contributed by atoms with van der Waals surface area (Å²) >= 11 is 0. The Morgan fingerprint density at radius 2 is 2.13 bits per heavy atom. The Balaban J connectivity index is 1.87. The summed E-state index contributed by atoms with van der Waals surface area (Å²) in [4.78, 5) is 16.0. The molecule has 0 saturated carbocycles. The largest absolute Gasteiger partial charge is 0.481 e. The topological polar surface area (TPSA) is 116 Å². The van der Waals surface area contributed by atoms with Crippen LogP contribution in [0.3, 0.4) is 0 Å². The van der Waals surface area contributed by atoms with Gasteiger partial charge in [-0.25, -0.2) is 18.5 Å². The number of hydrogen-bond donors (Lipinski definition) is 1. The van der Waals surface area contributed by atoms with Crippen molar-refractivity contribution in [1.82, 2.24) is 15.0 Å². The molecule has 2 aromatic heterocycles. The fourth-order valence-corrected chi connectivity index (χ4v) is 6.41. The first-order valence-corrected chi connectivity index (χ1v) is 11.9. The van der Waals surface area contributed by atoms with Gasteiger partial charge in [0.05, 0.1) is 47.0 Å². The lowest BCUT2D eigenvalue weighted by Crippen LogP contribution is -2.44. The molecule has 2 fully saturated rings. The van der Waals surface area contributed by atoms with Crippen LogP contribution in [0, 0.1) is 0 Å². The number of nitrogen functional groups attached to an aromatic ring is 1. The number of nitrogens with two attached hydrogens (primary N) is 1. The molecule has 2 aromatic rings. The number of morpholine rings is 1. The highest BCUT2D eigenvalue weighted by molar-refractivity contribution is 7.94. The Morgan fingerprint density at radius 1 is 1.30 bits per heavy atom. The van der Waals surface area contributed by atoms with Gasteiger partial charge in [0.1, 0.15) is 11.6 Å². The first-order valence-electron chi connectivity index (χ1n) is 10.1. The van der Waals surface area contributed by atoms with Crippen molar-refractivity contribution in [3.05, 3.63) is 23.9 Å². The van der Waals surface area contributed by atoms with Gasteiger partial charge < -0.3 is 20.1 Å². The molecule has 2 aliphatic rings. The van der Waals surface area contributed by atoms with E-state index in [9.17, 15) is 4.21 Å². The van der Waals surface area contributed by atoms with Gasteiger partial charge in [0, 0.05) is 37.0 Å². The van der Waals surface area contributed by atoms with Crippen molar-refractivity contribution in [2.75, 3.05) is 50.3 Å². The molecule has 2 saturated heterocycles. The van der Waals surface area contributed by atoms with E-state index >= 15 is 0 Å². The molecule has 2 unspecified atom stereocenters. The molecule has 10 heteroatoms. The number of rotatable bonds is 4.